The fraction of sp³-hybridized carbons (Fsp3) is 0.0769. The van der Waals surface area contributed by atoms with Crippen molar-refractivity contribution in [2.24, 2.45) is 0 Å². The topological polar surface area (TPSA) is 0 Å². The van der Waals surface area contributed by atoms with Crippen LogP contribution in [0.2, 0.25) is 0 Å². The highest BCUT2D eigenvalue weighted by Gasteiger charge is 2.08. The van der Waals surface area contributed by atoms with Gasteiger partial charge in [0, 0.05) is 5.56 Å². The van der Waals surface area contributed by atoms with Crippen molar-refractivity contribution in [3.05, 3.63) is 59.7 Å². The summed E-state index contributed by atoms with van der Waals surface area (Å²) >= 11 is 0. The highest BCUT2D eigenvalue weighted by molar-refractivity contribution is 5.64. The van der Waals surface area contributed by atoms with Crippen LogP contribution in [0.5, 0.6) is 0 Å². The van der Waals surface area contributed by atoms with E-state index in [0.717, 1.165) is 0 Å². The predicted octanol–water partition coefficient (Wildman–Crippen LogP) is 3.94. The van der Waals surface area contributed by atoms with E-state index in [1.165, 1.54) is 12.1 Å². The summed E-state index contributed by atoms with van der Waals surface area (Å²) in [4.78, 5) is 0. The lowest BCUT2D eigenvalue weighted by molar-refractivity contribution is 0.595. The Kier molecular flexibility index (Phi) is 2.50. The molecular formula is C13H10F2. The molecule has 2 aromatic carbocycles. The van der Waals surface area contributed by atoms with Crippen molar-refractivity contribution in [1.82, 2.24) is 0 Å². The van der Waals surface area contributed by atoms with Crippen molar-refractivity contribution in [3.8, 4) is 11.1 Å². The molecule has 0 heterocycles. The summed E-state index contributed by atoms with van der Waals surface area (Å²) in [6.45, 7) is 1.55. The maximum atomic E-state index is 13.5. The van der Waals surface area contributed by atoms with Gasteiger partial charge in [-0.15, -0.1) is 0 Å². The molecule has 0 aliphatic heterocycles. The third kappa shape index (κ3) is 1.89. The molecule has 0 unspecified atom stereocenters. The third-order valence-electron chi connectivity index (χ3n) is 2.33. The molecule has 0 radical (unpaired) electrons. The van der Waals surface area contributed by atoms with E-state index in [-0.39, 0.29) is 11.6 Å². The van der Waals surface area contributed by atoms with Gasteiger partial charge < -0.3 is 0 Å². The molecule has 2 aromatic rings. The molecule has 15 heavy (non-hydrogen) atoms. The van der Waals surface area contributed by atoms with Crippen molar-refractivity contribution < 1.29 is 8.78 Å². The van der Waals surface area contributed by atoms with Gasteiger partial charge in [0.15, 0.2) is 0 Å². The van der Waals surface area contributed by atoms with Crippen LogP contribution >= 0.6 is 0 Å². The zero-order valence-electron chi connectivity index (χ0n) is 8.30. The van der Waals surface area contributed by atoms with Crippen molar-refractivity contribution >= 4 is 0 Å². The lowest BCUT2D eigenvalue weighted by atomic mass is 10.0. The van der Waals surface area contributed by atoms with Crippen molar-refractivity contribution in [1.29, 1.82) is 0 Å². The summed E-state index contributed by atoms with van der Waals surface area (Å²) in [7, 11) is 0. The van der Waals surface area contributed by atoms with Gasteiger partial charge in [0.25, 0.3) is 0 Å². The monoisotopic (exact) mass is 204 g/mol. The van der Waals surface area contributed by atoms with Crippen molar-refractivity contribution in [3.63, 3.8) is 0 Å². The summed E-state index contributed by atoms with van der Waals surface area (Å²) in [5, 5.41) is 0. The average Bonchev–Trinajstić information content (AvgIpc) is 2.25. The molecule has 0 fully saturated rings. The van der Waals surface area contributed by atoms with Crippen LogP contribution in [-0.2, 0) is 0 Å². The highest BCUT2D eigenvalue weighted by atomic mass is 19.1. The average molecular weight is 204 g/mol. The van der Waals surface area contributed by atoms with E-state index < -0.39 is 0 Å². The van der Waals surface area contributed by atoms with Crippen LogP contribution in [0.15, 0.2) is 42.5 Å². The van der Waals surface area contributed by atoms with Crippen LogP contribution in [0.4, 0.5) is 8.78 Å². The molecule has 0 saturated heterocycles. The van der Waals surface area contributed by atoms with Gasteiger partial charge in [-0.2, -0.15) is 0 Å². The number of hydrogen-bond acceptors (Lipinski definition) is 0. The van der Waals surface area contributed by atoms with E-state index >= 15 is 0 Å². The second-order valence-corrected chi connectivity index (χ2v) is 3.45. The Morgan fingerprint density at radius 3 is 2.20 bits per heavy atom. The molecule has 0 bridgehead atoms. The summed E-state index contributed by atoms with van der Waals surface area (Å²) < 4.78 is 26.8. The van der Waals surface area contributed by atoms with Crippen LogP contribution in [-0.4, -0.2) is 0 Å². The minimum Gasteiger partial charge on any atom is -0.207 e. The molecule has 0 aliphatic carbocycles. The molecule has 0 amide bonds. The predicted molar refractivity (Wildman–Crippen MR) is 56.5 cm³/mol. The molecule has 2 heteroatoms. The van der Waals surface area contributed by atoms with Gasteiger partial charge in [-0.1, -0.05) is 30.3 Å². The SMILES string of the molecule is Cc1cc(F)c(-c2ccccc2)cc1F. The fourth-order valence-corrected chi connectivity index (χ4v) is 1.49. The van der Waals surface area contributed by atoms with Crippen LogP contribution in [0.25, 0.3) is 11.1 Å². The van der Waals surface area contributed by atoms with E-state index in [1.54, 1.807) is 31.2 Å². The first-order chi connectivity index (χ1) is 7.18. The number of benzene rings is 2. The Morgan fingerprint density at radius 1 is 0.867 bits per heavy atom. The van der Waals surface area contributed by atoms with Crippen LogP contribution in [0, 0.1) is 18.6 Å². The Bertz CT molecular complexity index is 475. The molecule has 76 valence electrons. The largest absolute Gasteiger partial charge is 0.207 e. The first kappa shape index (κ1) is 9.84. The van der Waals surface area contributed by atoms with Gasteiger partial charge in [0.2, 0.25) is 0 Å². The highest BCUT2D eigenvalue weighted by Crippen LogP contribution is 2.24. The molecule has 0 N–H and O–H groups in total. The zero-order valence-corrected chi connectivity index (χ0v) is 8.30. The Hall–Kier alpha value is -1.70. The summed E-state index contributed by atoms with van der Waals surface area (Å²) in [6.07, 6.45) is 0. The minimum absolute atomic E-state index is 0.304. The Balaban J connectivity index is 2.59. The van der Waals surface area contributed by atoms with E-state index in [1.807, 2.05) is 6.07 Å². The van der Waals surface area contributed by atoms with Gasteiger partial charge in [-0.25, -0.2) is 8.78 Å². The molecule has 0 aromatic heterocycles. The number of rotatable bonds is 1. The lowest BCUT2D eigenvalue weighted by Crippen LogP contribution is -1.89. The maximum Gasteiger partial charge on any atom is 0.131 e. The molecule has 0 aliphatic rings. The zero-order chi connectivity index (χ0) is 10.8. The van der Waals surface area contributed by atoms with Crippen LogP contribution < -0.4 is 0 Å². The number of hydrogen-bond donors (Lipinski definition) is 0. The quantitative estimate of drug-likeness (QED) is 0.660. The van der Waals surface area contributed by atoms with Gasteiger partial charge in [0.05, 0.1) is 0 Å². The van der Waals surface area contributed by atoms with E-state index in [9.17, 15) is 8.78 Å². The molecule has 0 spiro atoms. The van der Waals surface area contributed by atoms with E-state index in [0.29, 0.717) is 16.7 Å². The molecular weight excluding hydrogens is 194 g/mol. The molecule has 0 atom stereocenters. The third-order valence-corrected chi connectivity index (χ3v) is 2.33. The lowest BCUT2D eigenvalue weighted by Gasteiger charge is -2.05. The molecule has 0 nitrogen and oxygen atoms in total. The standard InChI is InChI=1S/C13H10F2/c1-9-7-13(15)11(8-12(9)14)10-5-3-2-4-6-10/h2-8H,1H3. The smallest absolute Gasteiger partial charge is 0.131 e. The summed E-state index contributed by atoms with van der Waals surface area (Å²) in [6, 6.07) is 11.4. The molecule has 0 saturated carbocycles. The first-order valence-corrected chi connectivity index (χ1v) is 4.69. The summed E-state index contributed by atoms with van der Waals surface area (Å²) in [5.74, 6) is -0.768. The fourth-order valence-electron chi connectivity index (χ4n) is 1.49. The van der Waals surface area contributed by atoms with Crippen molar-refractivity contribution in [2.45, 2.75) is 6.92 Å². The number of aryl methyl sites for hydroxylation is 1. The Morgan fingerprint density at radius 2 is 1.53 bits per heavy atom. The van der Waals surface area contributed by atoms with Gasteiger partial charge in [-0.05, 0) is 30.2 Å². The normalized spacial score (nSPS) is 10.3. The van der Waals surface area contributed by atoms with E-state index in [2.05, 4.69) is 0 Å². The maximum absolute atomic E-state index is 13.5. The van der Waals surface area contributed by atoms with Gasteiger partial charge in [-0.3, -0.25) is 0 Å². The van der Waals surface area contributed by atoms with Crippen LogP contribution in [0.1, 0.15) is 5.56 Å². The van der Waals surface area contributed by atoms with E-state index in [4.69, 9.17) is 0 Å². The molecule has 2 rings (SSSR count). The second kappa shape index (κ2) is 3.81. The number of halogens is 2. The van der Waals surface area contributed by atoms with Crippen LogP contribution in [0.3, 0.4) is 0 Å². The second-order valence-electron chi connectivity index (χ2n) is 3.45. The Labute approximate surface area is 87.2 Å². The minimum atomic E-state index is -0.389. The van der Waals surface area contributed by atoms with Gasteiger partial charge >= 0.3 is 0 Å². The summed E-state index contributed by atoms with van der Waals surface area (Å²) in [5.41, 5.74) is 1.32. The first-order valence-electron chi connectivity index (χ1n) is 4.69. The van der Waals surface area contributed by atoms with Crippen molar-refractivity contribution in [2.75, 3.05) is 0 Å². The van der Waals surface area contributed by atoms with Gasteiger partial charge in [0.1, 0.15) is 11.6 Å².